The van der Waals surface area contributed by atoms with Gasteiger partial charge in [-0.2, -0.15) is 10.2 Å². The van der Waals surface area contributed by atoms with Crippen LogP contribution in [0.1, 0.15) is 80.6 Å². The summed E-state index contributed by atoms with van der Waals surface area (Å²) < 4.78 is 43.0. The van der Waals surface area contributed by atoms with Gasteiger partial charge in [-0.1, -0.05) is 19.6 Å². The Kier molecular flexibility index (Phi) is 10.1. The standard InChI is InChI=1S/C36H51F2N7O4Si/c1-23-28(20-39-40-23)26-17-24-9-8-12-44(31(24)19-27(26)33(37)38)34-29-21-42(35(47)49-36(2,3)4)14-11-30(29)45(41-34)25-10-13-43(32(46)18-25)22-48-15-16-50(5,6)7/h17,19-20,25,33H,8-16,18,21-22H2,1-7H3,(H,39,40). The summed E-state index contributed by atoms with van der Waals surface area (Å²) in [7, 11) is -1.23. The predicted molar refractivity (Wildman–Crippen MR) is 191 cm³/mol. The van der Waals surface area contributed by atoms with Crippen LogP contribution in [-0.4, -0.2) is 88.4 Å². The minimum atomic E-state index is -2.70. The fourth-order valence-corrected chi connectivity index (χ4v) is 7.85. The van der Waals surface area contributed by atoms with Gasteiger partial charge in [0.15, 0.2) is 5.82 Å². The summed E-state index contributed by atoms with van der Waals surface area (Å²) in [6, 6.07) is 4.36. The lowest BCUT2D eigenvalue weighted by Gasteiger charge is -2.34. The zero-order chi connectivity index (χ0) is 36.0. The number of nitrogens with zero attached hydrogens (tertiary/aromatic N) is 6. The van der Waals surface area contributed by atoms with Gasteiger partial charge in [0.25, 0.3) is 6.43 Å². The molecule has 1 fully saturated rings. The highest BCUT2D eigenvalue weighted by Crippen LogP contribution is 2.44. The number of anilines is 2. The quantitative estimate of drug-likeness (QED) is 0.182. The molecule has 6 rings (SSSR count). The first kappa shape index (κ1) is 36.0. The maximum Gasteiger partial charge on any atom is 0.410 e. The number of nitrogens with one attached hydrogen (secondary N) is 1. The molecule has 2 aromatic heterocycles. The van der Waals surface area contributed by atoms with Gasteiger partial charge in [-0.15, -0.1) is 0 Å². The highest BCUT2D eigenvalue weighted by molar-refractivity contribution is 6.76. The zero-order valence-electron chi connectivity index (χ0n) is 30.4. The summed E-state index contributed by atoms with van der Waals surface area (Å²) in [6.45, 7) is 17.1. The highest BCUT2D eigenvalue weighted by atomic mass is 28.3. The van der Waals surface area contributed by atoms with E-state index in [0.29, 0.717) is 74.9 Å². The second kappa shape index (κ2) is 14.1. The number of ether oxygens (including phenoxy) is 2. The molecular weight excluding hydrogens is 661 g/mol. The Morgan fingerprint density at radius 3 is 2.56 bits per heavy atom. The fraction of sp³-hybridized carbons (Fsp3) is 0.611. The van der Waals surface area contributed by atoms with Crippen molar-refractivity contribution in [2.45, 2.75) is 110 Å². The van der Waals surface area contributed by atoms with Gasteiger partial charge in [0.1, 0.15) is 12.3 Å². The number of hydrogen-bond acceptors (Lipinski definition) is 7. The number of aromatic nitrogens is 4. The maximum atomic E-state index is 14.7. The Bertz CT molecular complexity index is 1730. The van der Waals surface area contributed by atoms with Crippen molar-refractivity contribution in [1.29, 1.82) is 0 Å². The average Bonchev–Trinajstić information content (AvgIpc) is 3.64. The van der Waals surface area contributed by atoms with Crippen LogP contribution in [0.4, 0.5) is 25.1 Å². The lowest BCUT2D eigenvalue weighted by atomic mass is 9.92. The molecule has 3 aromatic rings. The van der Waals surface area contributed by atoms with Crippen molar-refractivity contribution in [3.63, 3.8) is 0 Å². The molecule has 3 aliphatic heterocycles. The van der Waals surface area contributed by atoms with E-state index < -0.39 is 26.2 Å². The third-order valence-corrected chi connectivity index (χ3v) is 11.5. The molecule has 1 aromatic carbocycles. The average molecular weight is 712 g/mol. The molecule has 5 heterocycles. The van der Waals surface area contributed by atoms with Crippen LogP contribution in [-0.2, 0) is 33.7 Å². The maximum absolute atomic E-state index is 14.7. The van der Waals surface area contributed by atoms with Crippen LogP contribution in [0.2, 0.25) is 25.7 Å². The van der Waals surface area contributed by atoms with Gasteiger partial charge in [0.2, 0.25) is 5.91 Å². The number of hydrogen-bond donors (Lipinski definition) is 1. The molecule has 1 atom stereocenters. The number of halogens is 2. The van der Waals surface area contributed by atoms with Gasteiger partial charge in [-0.05, 0) is 76.3 Å². The molecule has 0 radical (unpaired) electrons. The molecule has 272 valence electrons. The molecule has 3 aliphatic rings. The predicted octanol–water partition coefficient (Wildman–Crippen LogP) is 7.37. The Labute approximate surface area is 294 Å². The minimum Gasteiger partial charge on any atom is -0.444 e. The number of fused-ring (bicyclic) bond motifs is 2. The number of carbonyl (C=O) groups is 2. The minimum absolute atomic E-state index is 0.0261. The summed E-state index contributed by atoms with van der Waals surface area (Å²) in [6.07, 6.45) is 1.58. The van der Waals surface area contributed by atoms with Crippen LogP contribution < -0.4 is 4.90 Å². The monoisotopic (exact) mass is 711 g/mol. The molecule has 0 bridgehead atoms. The molecule has 1 N–H and O–H groups in total. The van der Waals surface area contributed by atoms with E-state index in [2.05, 4.69) is 29.8 Å². The summed E-state index contributed by atoms with van der Waals surface area (Å²) >= 11 is 0. The Balaban J connectivity index is 1.33. The number of aromatic amines is 1. The van der Waals surface area contributed by atoms with Gasteiger partial charge >= 0.3 is 6.09 Å². The topological polar surface area (TPSA) is 109 Å². The highest BCUT2D eigenvalue weighted by Gasteiger charge is 2.37. The normalized spacial score (nSPS) is 18.5. The molecule has 2 amide bonds. The Morgan fingerprint density at radius 1 is 1.12 bits per heavy atom. The number of carbonyl (C=O) groups excluding carboxylic acids is 2. The molecule has 11 nitrogen and oxygen atoms in total. The molecule has 0 aliphatic carbocycles. The summed E-state index contributed by atoms with van der Waals surface area (Å²) in [5.41, 5.74) is 4.65. The molecule has 0 spiro atoms. The van der Waals surface area contributed by atoms with Crippen molar-refractivity contribution < 1.29 is 27.8 Å². The van der Waals surface area contributed by atoms with Crippen LogP contribution in [0.3, 0.4) is 0 Å². The van der Waals surface area contributed by atoms with Crippen molar-refractivity contribution in [3.05, 3.63) is 46.4 Å². The van der Waals surface area contributed by atoms with Crippen LogP contribution in [0.15, 0.2) is 18.3 Å². The Morgan fingerprint density at radius 2 is 1.90 bits per heavy atom. The summed E-state index contributed by atoms with van der Waals surface area (Å²) in [4.78, 5) is 32.2. The van der Waals surface area contributed by atoms with Gasteiger partial charge in [0.05, 0.1) is 18.8 Å². The Hall–Kier alpha value is -3.78. The largest absolute Gasteiger partial charge is 0.444 e. The smallest absolute Gasteiger partial charge is 0.410 e. The number of piperidine rings is 1. The first-order chi connectivity index (χ1) is 23.6. The molecule has 50 heavy (non-hydrogen) atoms. The van der Waals surface area contributed by atoms with Crippen molar-refractivity contribution in [2.24, 2.45) is 0 Å². The SMILES string of the molecule is Cc1[nH]ncc1-c1cc2c(cc1C(F)F)N(c1nn(C3CCN(COCC[Si](C)(C)C)C(=O)C3)c3c1CN(C(=O)OC(C)(C)C)CC3)CCC2. The second-order valence-electron chi connectivity index (χ2n) is 16.0. The van der Waals surface area contributed by atoms with E-state index in [1.165, 1.54) is 0 Å². The number of aryl methyl sites for hydroxylation is 2. The van der Waals surface area contributed by atoms with Crippen molar-refractivity contribution in [2.75, 3.05) is 37.9 Å². The van der Waals surface area contributed by atoms with Crippen LogP contribution in [0, 0.1) is 6.92 Å². The molecule has 14 heteroatoms. The lowest BCUT2D eigenvalue weighted by molar-refractivity contribution is -0.140. The van der Waals surface area contributed by atoms with E-state index in [1.54, 1.807) is 22.1 Å². The molecular formula is C36H51F2N7O4Si. The number of rotatable bonds is 9. The van der Waals surface area contributed by atoms with Crippen molar-refractivity contribution in [1.82, 2.24) is 29.8 Å². The van der Waals surface area contributed by atoms with Crippen LogP contribution in [0.25, 0.3) is 11.1 Å². The number of H-pyrrole nitrogens is 1. The van der Waals surface area contributed by atoms with Gasteiger partial charge in [-0.3, -0.25) is 14.6 Å². The van der Waals surface area contributed by atoms with Gasteiger partial charge < -0.3 is 24.2 Å². The van der Waals surface area contributed by atoms with Crippen LogP contribution in [0.5, 0.6) is 0 Å². The lowest BCUT2D eigenvalue weighted by Crippen LogP contribution is -2.42. The van der Waals surface area contributed by atoms with Gasteiger partial charge in [0, 0.05) is 80.9 Å². The first-order valence-corrected chi connectivity index (χ1v) is 21.5. The van der Waals surface area contributed by atoms with E-state index in [4.69, 9.17) is 14.6 Å². The second-order valence-corrected chi connectivity index (χ2v) is 21.7. The number of likely N-dealkylation sites (tertiary alicyclic amines) is 1. The fourth-order valence-electron chi connectivity index (χ4n) is 7.10. The summed E-state index contributed by atoms with van der Waals surface area (Å²) in [5, 5.41) is 12.1. The molecule has 0 saturated carbocycles. The summed E-state index contributed by atoms with van der Waals surface area (Å²) in [5.74, 6) is 0.671. The molecule has 1 saturated heterocycles. The molecule has 1 unspecified atom stereocenters. The third kappa shape index (κ3) is 7.75. The van der Waals surface area contributed by atoms with Crippen LogP contribution >= 0.6 is 0 Å². The van der Waals surface area contributed by atoms with Gasteiger partial charge in [-0.25, -0.2) is 13.6 Å². The van der Waals surface area contributed by atoms with E-state index in [1.807, 2.05) is 43.3 Å². The van der Waals surface area contributed by atoms with E-state index >= 15 is 0 Å². The van der Waals surface area contributed by atoms with E-state index in [9.17, 15) is 18.4 Å². The van der Waals surface area contributed by atoms with Crippen molar-refractivity contribution >= 4 is 31.6 Å². The van der Waals surface area contributed by atoms with E-state index in [0.717, 1.165) is 41.4 Å². The first-order valence-electron chi connectivity index (χ1n) is 17.8. The van der Waals surface area contributed by atoms with Crippen molar-refractivity contribution in [3.8, 4) is 11.1 Å². The third-order valence-electron chi connectivity index (χ3n) is 9.78. The number of alkyl halides is 2. The number of benzene rings is 1. The zero-order valence-corrected chi connectivity index (χ0v) is 31.4. The number of amides is 2. The van der Waals surface area contributed by atoms with E-state index in [-0.39, 0.29) is 24.1 Å².